The molecule has 2 aromatic rings. The SMILES string of the molecule is CCOC(=O)CC(NCc1ccccc1)c1ccc2c(c1)OCO2. The average Bonchev–Trinajstić information content (AvgIpc) is 3.07. The summed E-state index contributed by atoms with van der Waals surface area (Å²) >= 11 is 0. The molecular weight excluding hydrogens is 306 g/mol. The van der Waals surface area contributed by atoms with Gasteiger partial charge in [-0.15, -0.1) is 0 Å². The van der Waals surface area contributed by atoms with Crippen LogP contribution in [0.1, 0.15) is 30.5 Å². The molecule has 0 aromatic heterocycles. The molecule has 1 aliphatic heterocycles. The van der Waals surface area contributed by atoms with Gasteiger partial charge in [0.15, 0.2) is 11.5 Å². The van der Waals surface area contributed by atoms with Crippen LogP contribution in [0, 0.1) is 0 Å². The maximum atomic E-state index is 12.0. The normalized spacial score (nSPS) is 13.5. The number of esters is 1. The lowest BCUT2D eigenvalue weighted by atomic mass is 10.0. The van der Waals surface area contributed by atoms with E-state index in [-0.39, 0.29) is 25.2 Å². The highest BCUT2D eigenvalue weighted by molar-refractivity contribution is 5.70. The Morgan fingerprint density at radius 2 is 1.96 bits per heavy atom. The Morgan fingerprint density at radius 1 is 1.17 bits per heavy atom. The van der Waals surface area contributed by atoms with Gasteiger partial charge < -0.3 is 19.5 Å². The van der Waals surface area contributed by atoms with Crippen molar-refractivity contribution in [2.45, 2.75) is 25.9 Å². The highest BCUT2D eigenvalue weighted by atomic mass is 16.7. The molecule has 0 fully saturated rings. The maximum absolute atomic E-state index is 12.0. The minimum atomic E-state index is -0.222. The lowest BCUT2D eigenvalue weighted by Crippen LogP contribution is -2.24. The summed E-state index contributed by atoms with van der Waals surface area (Å²) in [6.07, 6.45) is 0.264. The van der Waals surface area contributed by atoms with Gasteiger partial charge in [0.05, 0.1) is 13.0 Å². The van der Waals surface area contributed by atoms with Crippen molar-refractivity contribution in [1.82, 2.24) is 5.32 Å². The van der Waals surface area contributed by atoms with E-state index in [2.05, 4.69) is 5.32 Å². The summed E-state index contributed by atoms with van der Waals surface area (Å²) in [7, 11) is 0. The second-order valence-corrected chi connectivity index (χ2v) is 5.54. The zero-order chi connectivity index (χ0) is 16.8. The highest BCUT2D eigenvalue weighted by Gasteiger charge is 2.20. The van der Waals surface area contributed by atoms with Crippen molar-refractivity contribution in [2.75, 3.05) is 13.4 Å². The Morgan fingerprint density at radius 3 is 2.75 bits per heavy atom. The number of carbonyl (C=O) groups is 1. The van der Waals surface area contributed by atoms with Gasteiger partial charge in [0.2, 0.25) is 6.79 Å². The van der Waals surface area contributed by atoms with Crippen LogP contribution >= 0.6 is 0 Å². The van der Waals surface area contributed by atoms with Crippen molar-refractivity contribution in [2.24, 2.45) is 0 Å². The molecule has 2 aromatic carbocycles. The molecule has 0 radical (unpaired) electrons. The van der Waals surface area contributed by atoms with Crippen LogP contribution in [0.4, 0.5) is 0 Å². The highest BCUT2D eigenvalue weighted by Crippen LogP contribution is 2.35. The maximum Gasteiger partial charge on any atom is 0.307 e. The van der Waals surface area contributed by atoms with Crippen LogP contribution in [0.3, 0.4) is 0 Å². The third kappa shape index (κ3) is 4.06. The van der Waals surface area contributed by atoms with E-state index < -0.39 is 0 Å². The van der Waals surface area contributed by atoms with Crippen LogP contribution in [-0.2, 0) is 16.1 Å². The lowest BCUT2D eigenvalue weighted by Gasteiger charge is -2.19. The second kappa shape index (κ2) is 7.84. The molecule has 24 heavy (non-hydrogen) atoms. The summed E-state index contributed by atoms with van der Waals surface area (Å²) in [6.45, 7) is 3.09. The predicted molar refractivity (Wildman–Crippen MR) is 89.8 cm³/mol. The van der Waals surface area contributed by atoms with Gasteiger partial charge in [0.25, 0.3) is 0 Å². The van der Waals surface area contributed by atoms with Crippen molar-refractivity contribution in [3.05, 3.63) is 59.7 Å². The Kier molecular flexibility index (Phi) is 5.33. The van der Waals surface area contributed by atoms with Crippen molar-refractivity contribution < 1.29 is 19.0 Å². The molecule has 0 saturated carbocycles. The monoisotopic (exact) mass is 327 g/mol. The molecule has 1 N–H and O–H groups in total. The van der Waals surface area contributed by atoms with E-state index in [0.29, 0.717) is 18.9 Å². The summed E-state index contributed by atoms with van der Waals surface area (Å²) in [4.78, 5) is 12.0. The molecule has 126 valence electrons. The van der Waals surface area contributed by atoms with E-state index in [0.717, 1.165) is 16.9 Å². The lowest BCUT2D eigenvalue weighted by molar-refractivity contribution is -0.143. The average molecular weight is 327 g/mol. The van der Waals surface area contributed by atoms with Crippen molar-refractivity contribution in [3.8, 4) is 11.5 Å². The van der Waals surface area contributed by atoms with Gasteiger partial charge in [-0.2, -0.15) is 0 Å². The largest absolute Gasteiger partial charge is 0.466 e. The van der Waals surface area contributed by atoms with Gasteiger partial charge in [-0.25, -0.2) is 0 Å². The number of ether oxygens (including phenoxy) is 3. The number of carbonyl (C=O) groups excluding carboxylic acids is 1. The molecule has 1 atom stereocenters. The summed E-state index contributed by atoms with van der Waals surface area (Å²) in [5.74, 6) is 1.22. The summed E-state index contributed by atoms with van der Waals surface area (Å²) in [5.41, 5.74) is 2.13. The third-order valence-corrected chi connectivity index (χ3v) is 3.87. The number of benzene rings is 2. The van der Waals surface area contributed by atoms with Gasteiger partial charge >= 0.3 is 5.97 Å². The summed E-state index contributed by atoms with van der Waals surface area (Å²) < 4.78 is 15.9. The first-order chi connectivity index (χ1) is 11.8. The van der Waals surface area contributed by atoms with Crippen LogP contribution in [0.5, 0.6) is 11.5 Å². The molecule has 1 unspecified atom stereocenters. The van der Waals surface area contributed by atoms with Crippen molar-refractivity contribution in [1.29, 1.82) is 0 Å². The molecule has 0 bridgehead atoms. The topological polar surface area (TPSA) is 56.8 Å². The number of rotatable bonds is 7. The summed E-state index contributed by atoms with van der Waals surface area (Å²) in [5, 5.41) is 3.44. The van der Waals surface area contributed by atoms with E-state index in [1.165, 1.54) is 0 Å². The van der Waals surface area contributed by atoms with E-state index >= 15 is 0 Å². The quantitative estimate of drug-likeness (QED) is 0.792. The van der Waals surface area contributed by atoms with Crippen LogP contribution in [0.15, 0.2) is 48.5 Å². The number of hydrogen-bond donors (Lipinski definition) is 1. The van der Waals surface area contributed by atoms with Gasteiger partial charge in [0.1, 0.15) is 0 Å². The minimum Gasteiger partial charge on any atom is -0.466 e. The fraction of sp³-hybridized carbons (Fsp3) is 0.316. The summed E-state index contributed by atoms with van der Waals surface area (Å²) in [6, 6.07) is 15.7. The van der Waals surface area contributed by atoms with Gasteiger partial charge in [-0.1, -0.05) is 36.4 Å². The third-order valence-electron chi connectivity index (χ3n) is 3.87. The molecular formula is C19H21NO4. The van der Waals surface area contributed by atoms with Crippen LogP contribution in [0.25, 0.3) is 0 Å². The van der Waals surface area contributed by atoms with Crippen LogP contribution < -0.4 is 14.8 Å². The molecule has 5 heteroatoms. The van der Waals surface area contributed by atoms with Gasteiger partial charge in [-0.05, 0) is 30.2 Å². The molecule has 1 aliphatic rings. The van der Waals surface area contributed by atoms with Crippen LogP contribution in [-0.4, -0.2) is 19.4 Å². The molecule has 0 amide bonds. The molecule has 1 heterocycles. The fourth-order valence-corrected chi connectivity index (χ4v) is 2.66. The van der Waals surface area contributed by atoms with Crippen LogP contribution in [0.2, 0.25) is 0 Å². The Hall–Kier alpha value is -2.53. The first-order valence-electron chi connectivity index (χ1n) is 8.08. The Bertz CT molecular complexity index is 687. The number of hydrogen-bond acceptors (Lipinski definition) is 5. The van der Waals surface area contributed by atoms with E-state index in [1.54, 1.807) is 0 Å². The first-order valence-corrected chi connectivity index (χ1v) is 8.08. The zero-order valence-electron chi connectivity index (χ0n) is 13.7. The van der Waals surface area contributed by atoms with Gasteiger partial charge in [0, 0.05) is 12.6 Å². The smallest absolute Gasteiger partial charge is 0.307 e. The molecule has 0 aliphatic carbocycles. The second-order valence-electron chi connectivity index (χ2n) is 5.54. The fourth-order valence-electron chi connectivity index (χ4n) is 2.66. The van der Waals surface area contributed by atoms with Crippen molar-refractivity contribution in [3.63, 3.8) is 0 Å². The first kappa shape index (κ1) is 16.3. The molecule has 0 saturated heterocycles. The Labute approximate surface area is 141 Å². The number of fused-ring (bicyclic) bond motifs is 1. The molecule has 5 nitrogen and oxygen atoms in total. The molecule has 3 rings (SSSR count). The standard InChI is InChI=1S/C19H21NO4/c1-2-22-19(21)11-16(20-12-14-6-4-3-5-7-14)15-8-9-17-18(10-15)24-13-23-17/h3-10,16,20H,2,11-13H2,1H3. The van der Waals surface area contributed by atoms with Gasteiger partial charge in [-0.3, -0.25) is 4.79 Å². The van der Waals surface area contributed by atoms with Crippen molar-refractivity contribution >= 4 is 5.97 Å². The van der Waals surface area contributed by atoms with E-state index in [4.69, 9.17) is 14.2 Å². The molecule has 0 spiro atoms. The number of nitrogens with one attached hydrogen (secondary N) is 1. The Balaban J connectivity index is 1.74. The van der Waals surface area contributed by atoms with E-state index in [9.17, 15) is 4.79 Å². The minimum absolute atomic E-state index is 0.154. The van der Waals surface area contributed by atoms with E-state index in [1.807, 2.05) is 55.5 Å². The predicted octanol–water partition coefficient (Wildman–Crippen LogP) is 3.20. The zero-order valence-corrected chi connectivity index (χ0v) is 13.7.